The lowest BCUT2D eigenvalue weighted by Gasteiger charge is -2.28. The lowest BCUT2D eigenvalue weighted by molar-refractivity contribution is 0.0532. The van der Waals surface area contributed by atoms with Crippen LogP contribution in [0, 0.1) is 0 Å². The zero-order valence-electron chi connectivity index (χ0n) is 10.4. The molecule has 17 heavy (non-hydrogen) atoms. The quantitative estimate of drug-likeness (QED) is 0.759. The largest absolute Gasteiger partial charge is 0.378 e. The highest BCUT2D eigenvalue weighted by Crippen LogP contribution is 2.09. The maximum absolute atomic E-state index is 11.8. The average Bonchev–Trinajstić information content (AvgIpc) is 2.41. The summed E-state index contributed by atoms with van der Waals surface area (Å²) in [6.07, 6.45) is 4.88. The van der Waals surface area contributed by atoms with E-state index in [-0.39, 0.29) is 6.03 Å². The van der Waals surface area contributed by atoms with Gasteiger partial charge in [0.1, 0.15) is 0 Å². The number of hydrogen-bond donors (Lipinski definition) is 2. The topological polar surface area (TPSA) is 53.6 Å². The molecule has 0 aromatic carbocycles. The van der Waals surface area contributed by atoms with Gasteiger partial charge in [-0.2, -0.15) is 0 Å². The summed E-state index contributed by atoms with van der Waals surface area (Å²) in [5.74, 6) is 0. The van der Waals surface area contributed by atoms with Gasteiger partial charge in [0.05, 0.1) is 13.2 Å². The highest BCUT2D eigenvalue weighted by molar-refractivity contribution is 5.74. The van der Waals surface area contributed by atoms with Crippen molar-refractivity contribution in [3.8, 4) is 0 Å². The smallest absolute Gasteiger partial charge is 0.317 e. The summed E-state index contributed by atoms with van der Waals surface area (Å²) in [6.45, 7) is 4.66. The molecule has 2 amide bonds. The Hall–Kier alpha value is -0.810. The molecule has 2 N–H and O–H groups in total. The van der Waals surface area contributed by atoms with E-state index in [1.807, 2.05) is 4.90 Å². The van der Waals surface area contributed by atoms with E-state index in [9.17, 15) is 4.79 Å². The number of hydrogen-bond acceptors (Lipinski definition) is 3. The normalized spacial score (nSPS) is 25.6. The number of piperidine rings is 1. The molecular weight excluding hydrogens is 218 g/mol. The first-order valence-electron chi connectivity index (χ1n) is 6.70. The van der Waals surface area contributed by atoms with E-state index in [1.54, 1.807) is 0 Å². The van der Waals surface area contributed by atoms with Crippen LogP contribution in [0.2, 0.25) is 0 Å². The molecule has 0 aliphatic carbocycles. The number of morpholine rings is 1. The van der Waals surface area contributed by atoms with Gasteiger partial charge in [-0.05, 0) is 25.8 Å². The Kier molecular flexibility index (Phi) is 5.07. The predicted molar refractivity (Wildman–Crippen MR) is 66.0 cm³/mol. The van der Waals surface area contributed by atoms with E-state index in [0.717, 1.165) is 19.5 Å². The van der Waals surface area contributed by atoms with Crippen molar-refractivity contribution >= 4 is 6.03 Å². The van der Waals surface area contributed by atoms with Crippen LogP contribution in [0.25, 0.3) is 0 Å². The number of carbonyl (C=O) groups excluding carboxylic acids is 1. The molecule has 5 heteroatoms. The van der Waals surface area contributed by atoms with Crippen LogP contribution in [0.5, 0.6) is 0 Å². The molecule has 0 bridgehead atoms. The van der Waals surface area contributed by atoms with Gasteiger partial charge in [-0.3, -0.25) is 0 Å². The maximum atomic E-state index is 11.8. The van der Waals surface area contributed by atoms with Gasteiger partial charge in [-0.25, -0.2) is 4.79 Å². The number of nitrogens with one attached hydrogen (secondary N) is 2. The molecule has 2 fully saturated rings. The third-order valence-corrected chi connectivity index (χ3v) is 3.48. The van der Waals surface area contributed by atoms with Gasteiger partial charge >= 0.3 is 6.03 Å². The third kappa shape index (κ3) is 4.16. The lowest BCUT2D eigenvalue weighted by atomic mass is 10.0. The highest BCUT2D eigenvalue weighted by atomic mass is 16.5. The number of urea groups is 1. The summed E-state index contributed by atoms with van der Waals surface area (Å²) >= 11 is 0. The standard InChI is InChI=1S/C12H23N3O2/c16-12(15-7-9-17-10-8-15)14-6-4-11-3-1-2-5-13-11/h11,13H,1-10H2,(H,14,16). The van der Waals surface area contributed by atoms with Gasteiger partial charge in [0.2, 0.25) is 0 Å². The molecule has 2 aliphatic heterocycles. The summed E-state index contributed by atoms with van der Waals surface area (Å²) in [4.78, 5) is 13.6. The van der Waals surface area contributed by atoms with E-state index in [0.29, 0.717) is 32.3 Å². The van der Waals surface area contributed by atoms with E-state index in [2.05, 4.69) is 10.6 Å². The number of carbonyl (C=O) groups is 1. The van der Waals surface area contributed by atoms with E-state index >= 15 is 0 Å². The van der Waals surface area contributed by atoms with E-state index < -0.39 is 0 Å². The van der Waals surface area contributed by atoms with Crippen LogP contribution in [-0.4, -0.2) is 56.4 Å². The van der Waals surface area contributed by atoms with Crippen molar-refractivity contribution in [2.45, 2.75) is 31.7 Å². The van der Waals surface area contributed by atoms with Crippen LogP contribution in [-0.2, 0) is 4.74 Å². The molecule has 0 spiro atoms. The van der Waals surface area contributed by atoms with Crippen LogP contribution in [0.1, 0.15) is 25.7 Å². The Morgan fingerprint density at radius 2 is 2.18 bits per heavy atom. The highest BCUT2D eigenvalue weighted by Gasteiger charge is 2.17. The van der Waals surface area contributed by atoms with Crippen LogP contribution < -0.4 is 10.6 Å². The average molecular weight is 241 g/mol. The van der Waals surface area contributed by atoms with Crippen LogP contribution >= 0.6 is 0 Å². The summed E-state index contributed by atoms with van der Waals surface area (Å²) in [7, 11) is 0. The minimum absolute atomic E-state index is 0.0594. The zero-order valence-corrected chi connectivity index (χ0v) is 10.4. The van der Waals surface area contributed by atoms with Gasteiger partial charge in [0.15, 0.2) is 0 Å². The fourth-order valence-electron chi connectivity index (χ4n) is 2.40. The van der Waals surface area contributed by atoms with Crippen molar-refractivity contribution in [3.63, 3.8) is 0 Å². The van der Waals surface area contributed by atoms with Crippen LogP contribution in [0.3, 0.4) is 0 Å². The summed E-state index contributed by atoms with van der Waals surface area (Å²) < 4.78 is 5.22. The molecule has 98 valence electrons. The fourth-order valence-corrected chi connectivity index (χ4v) is 2.40. The Labute approximate surface area is 103 Å². The molecule has 2 heterocycles. The summed E-state index contributed by atoms with van der Waals surface area (Å²) in [5.41, 5.74) is 0. The summed E-state index contributed by atoms with van der Waals surface area (Å²) in [6, 6.07) is 0.651. The molecule has 5 nitrogen and oxygen atoms in total. The SMILES string of the molecule is O=C(NCCC1CCCCN1)N1CCOCC1. The van der Waals surface area contributed by atoms with Crippen LogP contribution in [0.15, 0.2) is 0 Å². The van der Waals surface area contributed by atoms with E-state index in [4.69, 9.17) is 4.74 Å². The predicted octanol–water partition coefficient (Wildman–Crippen LogP) is 0.560. The van der Waals surface area contributed by atoms with Gasteiger partial charge in [-0.1, -0.05) is 6.42 Å². The monoisotopic (exact) mass is 241 g/mol. The molecule has 0 radical (unpaired) electrons. The number of rotatable bonds is 3. The van der Waals surface area contributed by atoms with Crippen LogP contribution in [0.4, 0.5) is 4.79 Å². The first kappa shape index (κ1) is 12.6. The lowest BCUT2D eigenvalue weighted by Crippen LogP contribution is -2.47. The Balaban J connectivity index is 1.58. The second-order valence-corrected chi connectivity index (χ2v) is 4.77. The minimum atomic E-state index is 0.0594. The van der Waals surface area contributed by atoms with Crippen molar-refractivity contribution in [2.75, 3.05) is 39.4 Å². The molecule has 2 rings (SSSR count). The molecule has 2 aliphatic rings. The minimum Gasteiger partial charge on any atom is -0.378 e. The van der Waals surface area contributed by atoms with Crippen molar-refractivity contribution in [1.29, 1.82) is 0 Å². The fraction of sp³-hybridized carbons (Fsp3) is 0.917. The van der Waals surface area contributed by atoms with Gasteiger partial charge in [-0.15, -0.1) is 0 Å². The second-order valence-electron chi connectivity index (χ2n) is 4.77. The van der Waals surface area contributed by atoms with Crippen molar-refractivity contribution in [3.05, 3.63) is 0 Å². The Bertz CT molecular complexity index is 236. The van der Waals surface area contributed by atoms with Crippen molar-refractivity contribution in [1.82, 2.24) is 15.5 Å². The van der Waals surface area contributed by atoms with E-state index in [1.165, 1.54) is 19.3 Å². The molecule has 1 atom stereocenters. The van der Waals surface area contributed by atoms with Gasteiger partial charge in [0.25, 0.3) is 0 Å². The van der Waals surface area contributed by atoms with Gasteiger partial charge < -0.3 is 20.3 Å². The maximum Gasteiger partial charge on any atom is 0.317 e. The molecule has 0 aromatic heterocycles. The number of nitrogens with zero attached hydrogens (tertiary/aromatic N) is 1. The summed E-state index contributed by atoms with van der Waals surface area (Å²) in [5, 5.41) is 6.48. The molecule has 0 aromatic rings. The molecule has 1 unspecified atom stereocenters. The molecule has 2 saturated heterocycles. The second kappa shape index (κ2) is 6.81. The van der Waals surface area contributed by atoms with Crippen molar-refractivity contribution < 1.29 is 9.53 Å². The zero-order chi connectivity index (χ0) is 11.9. The number of amides is 2. The molecular formula is C12H23N3O2. The van der Waals surface area contributed by atoms with Gasteiger partial charge in [0, 0.05) is 25.7 Å². The molecule has 0 saturated carbocycles. The first-order chi connectivity index (χ1) is 8.36. The first-order valence-corrected chi connectivity index (χ1v) is 6.70. The number of ether oxygens (including phenoxy) is 1. The van der Waals surface area contributed by atoms with Crippen molar-refractivity contribution in [2.24, 2.45) is 0 Å². The Morgan fingerprint density at radius 1 is 1.35 bits per heavy atom. The third-order valence-electron chi connectivity index (χ3n) is 3.48. The Morgan fingerprint density at radius 3 is 2.88 bits per heavy atom.